The van der Waals surface area contributed by atoms with Crippen LogP contribution in [-0.2, 0) is 24.9 Å². The number of benzene rings is 1. The standard InChI is InChI=1S/C27H27ClN8O2/c1-4-8-23(13-19(2)31-24(37)11-12-28)36-25-21(14-29-26(33-25)32-22-15-30-34(3)18-22)17-35(27(36)38)16-20-9-6-5-7-10-20/h4-15,18H,1,16-17H2,2-3H3,(H,31,37)(H,29,32,33)/b12-11+,19-13+,23-8+. The Hall–Kier alpha value is -4.70. The van der Waals surface area contributed by atoms with Gasteiger partial charge in [0.2, 0.25) is 11.9 Å². The molecule has 0 unspecified atom stereocenters. The molecule has 1 aliphatic heterocycles. The first kappa shape index (κ1) is 26.4. The number of anilines is 3. The van der Waals surface area contributed by atoms with Gasteiger partial charge in [0, 0.05) is 48.9 Å². The number of urea groups is 1. The number of nitrogens with one attached hydrogen (secondary N) is 2. The maximum atomic E-state index is 13.9. The van der Waals surface area contributed by atoms with Crippen LogP contribution in [-0.4, -0.2) is 36.6 Å². The number of halogens is 1. The second-order valence-corrected chi connectivity index (χ2v) is 8.72. The normalized spacial score (nSPS) is 14.0. The SMILES string of the molecule is C=C/C=C(\C=C(/C)NC(=O)/C=C/Cl)N1C(=O)N(Cc2ccccc2)Cc2cnc(Nc3cnn(C)c3)nc21. The van der Waals surface area contributed by atoms with Crippen molar-refractivity contribution in [3.8, 4) is 0 Å². The van der Waals surface area contributed by atoms with Gasteiger partial charge in [-0.25, -0.2) is 14.7 Å². The zero-order chi connectivity index (χ0) is 27.1. The van der Waals surface area contributed by atoms with Crippen LogP contribution in [0.15, 0.2) is 96.7 Å². The number of allylic oxidation sites excluding steroid dienone is 4. The second-order valence-electron chi connectivity index (χ2n) is 8.47. The van der Waals surface area contributed by atoms with E-state index >= 15 is 0 Å². The minimum Gasteiger partial charge on any atom is -0.326 e. The molecule has 3 heterocycles. The Morgan fingerprint density at radius 2 is 2.03 bits per heavy atom. The van der Waals surface area contributed by atoms with Gasteiger partial charge in [-0.1, -0.05) is 54.6 Å². The summed E-state index contributed by atoms with van der Waals surface area (Å²) in [5, 5.41) is 9.99. The fourth-order valence-electron chi connectivity index (χ4n) is 3.90. The molecule has 0 fully saturated rings. The van der Waals surface area contributed by atoms with E-state index in [1.54, 1.807) is 53.3 Å². The minimum atomic E-state index is -0.395. The summed E-state index contributed by atoms with van der Waals surface area (Å²) >= 11 is 5.52. The number of amides is 3. The number of carbonyl (C=O) groups excluding carboxylic acids is 2. The first-order valence-corrected chi connectivity index (χ1v) is 12.1. The fraction of sp³-hybridized carbons (Fsp3) is 0.148. The molecule has 0 aliphatic carbocycles. The number of aromatic nitrogens is 4. The first-order valence-electron chi connectivity index (χ1n) is 11.7. The Labute approximate surface area is 225 Å². The third-order valence-electron chi connectivity index (χ3n) is 5.50. The highest BCUT2D eigenvalue weighted by Gasteiger charge is 2.34. The van der Waals surface area contributed by atoms with E-state index in [0.29, 0.717) is 41.9 Å². The van der Waals surface area contributed by atoms with Crippen molar-refractivity contribution in [3.63, 3.8) is 0 Å². The molecule has 4 rings (SSSR count). The van der Waals surface area contributed by atoms with Crippen LogP contribution < -0.4 is 15.5 Å². The summed E-state index contributed by atoms with van der Waals surface area (Å²) in [6.07, 6.45) is 11.3. The smallest absolute Gasteiger partial charge is 0.326 e. The van der Waals surface area contributed by atoms with Gasteiger partial charge in [-0.3, -0.25) is 9.48 Å². The molecule has 1 aliphatic rings. The van der Waals surface area contributed by atoms with Gasteiger partial charge in [0.05, 0.1) is 24.1 Å². The number of rotatable bonds is 9. The van der Waals surface area contributed by atoms with E-state index in [2.05, 4.69) is 27.3 Å². The lowest BCUT2D eigenvalue weighted by Gasteiger charge is -2.36. The number of carbonyl (C=O) groups is 2. The van der Waals surface area contributed by atoms with Crippen molar-refractivity contribution in [1.29, 1.82) is 0 Å². The molecule has 0 saturated heterocycles. The van der Waals surface area contributed by atoms with Gasteiger partial charge >= 0.3 is 6.03 Å². The van der Waals surface area contributed by atoms with Crippen LogP contribution in [0.3, 0.4) is 0 Å². The van der Waals surface area contributed by atoms with Gasteiger partial charge in [-0.15, -0.1) is 0 Å². The average Bonchev–Trinajstić information content (AvgIpc) is 3.29. The highest BCUT2D eigenvalue weighted by atomic mass is 35.5. The third-order valence-corrected chi connectivity index (χ3v) is 5.63. The summed E-state index contributed by atoms with van der Waals surface area (Å²) in [5.41, 5.74) is 4.54. The first-order chi connectivity index (χ1) is 18.4. The zero-order valence-corrected chi connectivity index (χ0v) is 21.8. The second kappa shape index (κ2) is 12.0. The number of fused-ring (bicyclic) bond motifs is 1. The maximum absolute atomic E-state index is 13.9. The van der Waals surface area contributed by atoms with Crippen LogP contribution >= 0.6 is 11.6 Å². The Balaban J connectivity index is 1.75. The summed E-state index contributed by atoms with van der Waals surface area (Å²) in [5.74, 6) is 0.336. The number of aryl methyl sites for hydroxylation is 1. The van der Waals surface area contributed by atoms with E-state index in [4.69, 9.17) is 16.6 Å². The van der Waals surface area contributed by atoms with Crippen LogP contribution in [0.4, 0.5) is 22.2 Å². The van der Waals surface area contributed by atoms with E-state index in [-0.39, 0.29) is 6.03 Å². The molecular formula is C27H27ClN8O2. The Morgan fingerprint density at radius 3 is 2.71 bits per heavy atom. The van der Waals surface area contributed by atoms with Gasteiger partial charge in [0.15, 0.2) is 5.82 Å². The van der Waals surface area contributed by atoms with Crippen LogP contribution in [0.1, 0.15) is 18.1 Å². The lowest BCUT2D eigenvalue weighted by atomic mass is 10.1. The average molecular weight is 531 g/mol. The van der Waals surface area contributed by atoms with Crippen molar-refractivity contribution in [2.45, 2.75) is 20.0 Å². The molecule has 11 heteroatoms. The number of nitrogens with zero attached hydrogens (tertiary/aromatic N) is 6. The van der Waals surface area contributed by atoms with E-state index in [9.17, 15) is 9.59 Å². The largest absolute Gasteiger partial charge is 0.330 e. The molecule has 0 saturated carbocycles. The van der Waals surface area contributed by atoms with Crippen molar-refractivity contribution in [1.82, 2.24) is 30.0 Å². The zero-order valence-electron chi connectivity index (χ0n) is 21.0. The Morgan fingerprint density at radius 1 is 1.24 bits per heavy atom. The fourth-order valence-corrected chi connectivity index (χ4v) is 4.02. The predicted octanol–water partition coefficient (Wildman–Crippen LogP) is 4.74. The van der Waals surface area contributed by atoms with Crippen molar-refractivity contribution in [3.05, 3.63) is 108 Å². The number of hydrogen-bond donors (Lipinski definition) is 2. The van der Waals surface area contributed by atoms with Crippen molar-refractivity contribution < 1.29 is 9.59 Å². The van der Waals surface area contributed by atoms with Gasteiger partial charge in [0.25, 0.3) is 0 Å². The molecule has 0 radical (unpaired) electrons. The lowest BCUT2D eigenvalue weighted by molar-refractivity contribution is -0.115. The van der Waals surface area contributed by atoms with Crippen LogP contribution in [0, 0.1) is 0 Å². The van der Waals surface area contributed by atoms with Gasteiger partial charge < -0.3 is 15.5 Å². The van der Waals surface area contributed by atoms with Crippen LogP contribution in [0.25, 0.3) is 0 Å². The predicted molar refractivity (Wildman–Crippen MR) is 147 cm³/mol. The number of hydrogen-bond acceptors (Lipinski definition) is 6. The molecule has 194 valence electrons. The quantitative estimate of drug-likeness (QED) is 0.305. The molecular weight excluding hydrogens is 504 g/mol. The molecule has 0 spiro atoms. The molecule has 1 aromatic carbocycles. The van der Waals surface area contributed by atoms with E-state index in [1.165, 1.54) is 11.0 Å². The van der Waals surface area contributed by atoms with Crippen LogP contribution in [0.5, 0.6) is 0 Å². The summed E-state index contributed by atoms with van der Waals surface area (Å²) < 4.78 is 1.66. The van der Waals surface area contributed by atoms with E-state index < -0.39 is 5.91 Å². The minimum absolute atomic E-state index is 0.281. The molecule has 3 amide bonds. The van der Waals surface area contributed by atoms with E-state index in [1.807, 2.05) is 37.4 Å². The topological polar surface area (TPSA) is 108 Å². The molecule has 2 N–H and O–H groups in total. The maximum Gasteiger partial charge on any atom is 0.330 e. The van der Waals surface area contributed by atoms with Crippen LogP contribution in [0.2, 0.25) is 0 Å². The van der Waals surface area contributed by atoms with Gasteiger partial charge in [-0.2, -0.15) is 10.1 Å². The Kier molecular flexibility index (Phi) is 8.34. The molecule has 2 aromatic heterocycles. The van der Waals surface area contributed by atoms with Crippen molar-refractivity contribution in [2.24, 2.45) is 7.05 Å². The summed E-state index contributed by atoms with van der Waals surface area (Å²) in [7, 11) is 1.81. The Bertz CT molecular complexity index is 1430. The lowest BCUT2D eigenvalue weighted by Crippen LogP contribution is -2.46. The van der Waals surface area contributed by atoms with Crippen molar-refractivity contribution >= 4 is 41.0 Å². The molecule has 0 bridgehead atoms. The molecule has 0 atom stereocenters. The summed E-state index contributed by atoms with van der Waals surface area (Å²) in [6, 6.07) is 9.45. The summed E-state index contributed by atoms with van der Waals surface area (Å²) in [6.45, 7) is 6.24. The monoisotopic (exact) mass is 530 g/mol. The van der Waals surface area contributed by atoms with E-state index in [0.717, 1.165) is 16.7 Å². The molecule has 3 aromatic rings. The van der Waals surface area contributed by atoms with Gasteiger partial charge in [-0.05, 0) is 24.6 Å². The molecule has 10 nitrogen and oxygen atoms in total. The highest BCUT2D eigenvalue weighted by Crippen LogP contribution is 2.32. The summed E-state index contributed by atoms with van der Waals surface area (Å²) in [4.78, 5) is 38.3. The van der Waals surface area contributed by atoms with Gasteiger partial charge in [0.1, 0.15) is 0 Å². The van der Waals surface area contributed by atoms with Crippen molar-refractivity contribution in [2.75, 3.05) is 10.2 Å². The highest BCUT2D eigenvalue weighted by molar-refractivity contribution is 6.26. The third kappa shape index (κ3) is 6.34. The molecule has 38 heavy (non-hydrogen) atoms.